The molecular formula is C47H62Cl2OSiZr. The summed E-state index contributed by atoms with van der Waals surface area (Å²) in [5, 5.41) is 0. The van der Waals surface area contributed by atoms with Gasteiger partial charge in [0.1, 0.15) is 0 Å². The summed E-state index contributed by atoms with van der Waals surface area (Å²) in [6.07, 6.45) is 5.05. The summed E-state index contributed by atoms with van der Waals surface area (Å²) >= 11 is -3.79. The average Bonchev–Trinajstić information content (AvgIpc) is 3.56. The van der Waals surface area contributed by atoms with Crippen LogP contribution in [0.5, 0.6) is 5.75 Å². The Morgan fingerprint density at radius 3 is 1.60 bits per heavy atom. The van der Waals surface area contributed by atoms with Crippen LogP contribution in [0.4, 0.5) is 0 Å². The van der Waals surface area contributed by atoms with Crippen molar-refractivity contribution < 1.29 is 22.1 Å². The fourth-order valence-corrected chi connectivity index (χ4v) is 30.4. The van der Waals surface area contributed by atoms with Gasteiger partial charge >= 0.3 is 308 Å². The summed E-state index contributed by atoms with van der Waals surface area (Å²) in [4.78, 5) is 0. The third-order valence-electron chi connectivity index (χ3n) is 11.8. The Morgan fingerprint density at radius 1 is 0.577 bits per heavy atom. The number of hydrogen-bond donors (Lipinski definition) is 0. The van der Waals surface area contributed by atoms with Crippen LogP contribution in [-0.2, 0) is 33.6 Å². The minimum atomic E-state index is -3.79. The van der Waals surface area contributed by atoms with Crippen molar-refractivity contribution >= 4 is 43.8 Å². The van der Waals surface area contributed by atoms with Crippen LogP contribution >= 0.6 is 24.8 Å². The molecule has 0 saturated heterocycles. The average molecular weight is 833 g/mol. The third-order valence-corrected chi connectivity index (χ3v) is 29.7. The van der Waals surface area contributed by atoms with Crippen LogP contribution in [0.25, 0.3) is 34.4 Å². The number of methoxy groups -OCH3 is 1. The molecule has 0 fully saturated rings. The van der Waals surface area contributed by atoms with Gasteiger partial charge in [-0.2, -0.15) is 0 Å². The van der Waals surface area contributed by atoms with Crippen molar-refractivity contribution in [1.82, 2.24) is 0 Å². The largest absolute Gasteiger partial charge is 0.147 e. The Morgan fingerprint density at radius 2 is 1.08 bits per heavy atom. The van der Waals surface area contributed by atoms with Gasteiger partial charge in [-0.1, -0.05) is 0 Å². The zero-order valence-corrected chi connectivity index (χ0v) is 39.7. The molecule has 2 unspecified atom stereocenters. The Kier molecular flexibility index (Phi) is 11.6. The van der Waals surface area contributed by atoms with E-state index in [9.17, 15) is 0 Å². The first-order valence-electron chi connectivity index (χ1n) is 18.6. The Labute approximate surface area is 330 Å². The van der Waals surface area contributed by atoms with Crippen molar-refractivity contribution in [3.8, 4) is 28.0 Å². The minimum Gasteiger partial charge on any atom is -0.147 e. The molecule has 0 N–H and O–H groups in total. The molecule has 0 aromatic heterocycles. The van der Waals surface area contributed by atoms with Crippen LogP contribution in [0.15, 0.2) is 83.9 Å². The van der Waals surface area contributed by atoms with Gasteiger partial charge in [-0.15, -0.1) is 24.8 Å². The first kappa shape index (κ1) is 42.6. The van der Waals surface area contributed by atoms with Crippen molar-refractivity contribution in [3.63, 3.8) is 0 Å². The second-order valence-electron chi connectivity index (χ2n) is 19.7. The van der Waals surface area contributed by atoms with E-state index in [0.29, 0.717) is 7.25 Å². The van der Waals surface area contributed by atoms with E-state index in [1.807, 2.05) is 7.11 Å². The first-order chi connectivity index (χ1) is 23.0. The van der Waals surface area contributed by atoms with Gasteiger partial charge < -0.3 is 0 Å². The van der Waals surface area contributed by atoms with Crippen LogP contribution in [0, 0.1) is 0 Å². The second kappa shape index (κ2) is 14.2. The van der Waals surface area contributed by atoms with Gasteiger partial charge in [-0.25, -0.2) is 0 Å². The van der Waals surface area contributed by atoms with Gasteiger partial charge in [0.15, 0.2) is 0 Å². The van der Waals surface area contributed by atoms with Crippen LogP contribution in [-0.4, -0.2) is 14.0 Å². The summed E-state index contributed by atoms with van der Waals surface area (Å²) in [6.45, 7) is 28.1. The number of hydrogen-bond acceptors (Lipinski definition) is 1. The molecule has 52 heavy (non-hydrogen) atoms. The Hall–Kier alpha value is -2.16. The monoisotopic (exact) mass is 830 g/mol. The Bertz CT molecular complexity index is 2110. The van der Waals surface area contributed by atoms with E-state index in [4.69, 9.17) is 4.74 Å². The summed E-state index contributed by atoms with van der Waals surface area (Å²) in [7, 11) is 1.86. The van der Waals surface area contributed by atoms with E-state index in [1.54, 1.807) is 0 Å². The standard InChI is InChI=1S/C25H31O.C20H21.2CH3.2ClH.H2Si.Zr/c1-16-11-21-20(9-10-23(26-8)22(21)12-16)17-13-18(24(2,3)4)15-19(14-17)25(5,6)7;1-14-12-16-6-5-7-18(19(16)13-14)15-8-10-17(11-9-15)20(2,3)4;;;;;;/h9-15H,1-8H3;5-13H,1-4H3;2*1H3;2*1H;1H2;. The van der Waals surface area contributed by atoms with E-state index in [2.05, 4.69) is 177 Å². The maximum atomic E-state index is 6.28. The zero-order chi connectivity index (χ0) is 36.8. The predicted molar refractivity (Wildman–Crippen MR) is 234 cm³/mol. The predicted octanol–water partition coefficient (Wildman–Crippen LogP) is 13.7. The number of halogens is 2. The molecule has 2 aliphatic rings. The summed E-state index contributed by atoms with van der Waals surface area (Å²) < 4.78 is 12.6. The summed E-state index contributed by atoms with van der Waals surface area (Å²) in [5.74, 6) is 1.04. The fraction of sp³-hybridized carbons (Fsp3) is 0.404. The third kappa shape index (κ3) is 7.43. The summed E-state index contributed by atoms with van der Waals surface area (Å²) in [5.41, 5.74) is 18.4. The molecule has 278 valence electrons. The molecule has 5 heteroatoms. The molecule has 0 radical (unpaired) electrons. The molecule has 4 aromatic carbocycles. The molecule has 1 nitrogen and oxygen atoms in total. The molecule has 0 spiro atoms. The fourth-order valence-electron chi connectivity index (χ4n) is 9.29. The normalized spacial score (nSPS) is 17.4. The number of fused-ring (bicyclic) bond motifs is 2. The van der Waals surface area contributed by atoms with Gasteiger partial charge in [-0.3, -0.25) is 0 Å². The van der Waals surface area contributed by atoms with Crippen molar-refractivity contribution in [2.75, 3.05) is 7.11 Å². The molecule has 0 bridgehead atoms. The number of benzene rings is 4. The van der Waals surface area contributed by atoms with Crippen molar-refractivity contribution in [2.24, 2.45) is 0 Å². The van der Waals surface area contributed by atoms with Crippen LogP contribution in [0.2, 0.25) is 9.26 Å². The molecule has 4 aromatic rings. The molecule has 0 amide bonds. The van der Waals surface area contributed by atoms with Gasteiger partial charge in [0, 0.05) is 0 Å². The van der Waals surface area contributed by atoms with Gasteiger partial charge in [-0.05, 0) is 0 Å². The van der Waals surface area contributed by atoms with E-state index in [0.717, 1.165) is 5.75 Å². The van der Waals surface area contributed by atoms with Crippen molar-refractivity contribution in [2.45, 2.75) is 109 Å². The van der Waals surface area contributed by atoms with E-state index < -0.39 is 17.4 Å². The van der Waals surface area contributed by atoms with E-state index in [-0.39, 0.29) is 41.1 Å². The quantitative estimate of drug-likeness (QED) is 0.182. The molecule has 2 atom stereocenters. The topological polar surface area (TPSA) is 9.23 Å². The second-order valence-corrected chi connectivity index (χ2v) is 50.1. The van der Waals surface area contributed by atoms with E-state index in [1.165, 1.54) is 72.3 Å². The molecule has 2 aliphatic carbocycles. The van der Waals surface area contributed by atoms with Crippen molar-refractivity contribution in [3.05, 3.63) is 123 Å². The molecule has 0 aliphatic heterocycles. The SMILES string of the molecule is COc1ccc(-c2cc(C(C)(C)C)cc(C(C)(C)C)c2)c2c1[CH]([Zr]([CH3])([CH3])(=[SiH2])[CH]1C(C)=Cc3c(-c4ccc(C(C)(C)C)cc4)cccc31)C(C)=C2.Cl.Cl. The van der Waals surface area contributed by atoms with Gasteiger partial charge in [0.05, 0.1) is 0 Å². The smallest absolute Gasteiger partial charge is 0.147 e. The number of allylic oxidation sites excluding steroid dienone is 2. The maximum Gasteiger partial charge on any atom is -0.147 e. The Balaban J connectivity index is 0.00000302. The number of ether oxygens (including phenoxy) is 1. The van der Waals surface area contributed by atoms with Crippen LogP contribution in [0.1, 0.15) is 122 Å². The van der Waals surface area contributed by atoms with Gasteiger partial charge in [0.25, 0.3) is 0 Å². The molecule has 0 saturated carbocycles. The first-order valence-corrected chi connectivity index (χ1v) is 32.2. The van der Waals surface area contributed by atoms with E-state index >= 15 is 0 Å². The van der Waals surface area contributed by atoms with Gasteiger partial charge in [0.2, 0.25) is 0 Å². The molecule has 0 heterocycles. The maximum absolute atomic E-state index is 6.28. The zero-order valence-electron chi connectivity index (χ0n) is 34.2. The van der Waals surface area contributed by atoms with Crippen LogP contribution < -0.4 is 4.74 Å². The number of rotatable bonds is 5. The molecule has 6 rings (SSSR count). The minimum absolute atomic E-state index is 0. The summed E-state index contributed by atoms with van der Waals surface area (Å²) in [6, 6.07) is 28.3. The molecular weight excluding hydrogens is 771 g/mol. The van der Waals surface area contributed by atoms with Crippen molar-refractivity contribution in [1.29, 1.82) is 0 Å². The van der Waals surface area contributed by atoms with Crippen LogP contribution in [0.3, 0.4) is 0 Å².